The molecule has 0 aromatic carbocycles. The molecule has 2 rings (SSSR count). The Balaban J connectivity index is 1.87. The second-order valence-corrected chi connectivity index (χ2v) is 4.40. The Bertz CT molecular complexity index is 335. The van der Waals surface area contributed by atoms with E-state index in [0.29, 0.717) is 12.1 Å². The highest BCUT2D eigenvalue weighted by Gasteiger charge is 2.20. The lowest BCUT2D eigenvalue weighted by Gasteiger charge is -2.28. The third-order valence-electron chi connectivity index (χ3n) is 3.16. The molecule has 0 bridgehead atoms. The van der Waals surface area contributed by atoms with E-state index in [2.05, 4.69) is 15.3 Å². The topological polar surface area (TPSA) is 47.0 Å². The smallest absolute Gasteiger partial charge is 0.129 e. The van der Waals surface area contributed by atoms with Crippen molar-refractivity contribution >= 4 is 5.82 Å². The Morgan fingerprint density at radius 2 is 2.00 bits per heavy atom. The minimum atomic E-state index is 0.449. The number of hydrogen-bond donors (Lipinski definition) is 1. The lowest BCUT2D eigenvalue weighted by Crippen LogP contribution is -2.29. The zero-order valence-corrected chi connectivity index (χ0v) is 9.94. The van der Waals surface area contributed by atoms with Gasteiger partial charge in [-0.2, -0.15) is 0 Å². The van der Waals surface area contributed by atoms with Crippen LogP contribution in [0.4, 0.5) is 5.82 Å². The number of ether oxygens (including phenoxy) is 1. The summed E-state index contributed by atoms with van der Waals surface area (Å²) in [5.41, 5.74) is 1.00. The molecule has 1 aromatic heterocycles. The predicted molar refractivity (Wildman–Crippen MR) is 63.4 cm³/mol. The minimum Gasteiger partial charge on any atom is -0.381 e. The van der Waals surface area contributed by atoms with E-state index in [-0.39, 0.29) is 0 Å². The fraction of sp³-hybridized carbons (Fsp3) is 0.667. The second-order valence-electron chi connectivity index (χ2n) is 4.40. The van der Waals surface area contributed by atoms with Crippen LogP contribution in [0, 0.1) is 6.92 Å². The maximum absolute atomic E-state index is 5.36. The molecule has 0 radical (unpaired) electrons. The van der Waals surface area contributed by atoms with Crippen LogP contribution in [0.3, 0.4) is 0 Å². The van der Waals surface area contributed by atoms with Crippen molar-refractivity contribution in [3.8, 4) is 0 Å². The highest BCUT2D eigenvalue weighted by Crippen LogP contribution is 2.23. The average Bonchev–Trinajstić information content (AvgIpc) is 2.30. The first-order valence-electron chi connectivity index (χ1n) is 5.86. The van der Waals surface area contributed by atoms with Gasteiger partial charge in [0.2, 0.25) is 0 Å². The van der Waals surface area contributed by atoms with Crippen LogP contribution in [-0.4, -0.2) is 29.2 Å². The maximum atomic E-state index is 5.36. The fourth-order valence-electron chi connectivity index (χ4n) is 2.19. The summed E-state index contributed by atoms with van der Waals surface area (Å²) in [5, 5.41) is 3.46. The van der Waals surface area contributed by atoms with E-state index in [1.54, 1.807) is 13.4 Å². The number of nitrogens with one attached hydrogen (secondary N) is 1. The van der Waals surface area contributed by atoms with Crippen molar-refractivity contribution in [3.63, 3.8) is 0 Å². The maximum Gasteiger partial charge on any atom is 0.129 e. The molecule has 4 heteroatoms. The van der Waals surface area contributed by atoms with Crippen LogP contribution < -0.4 is 5.32 Å². The van der Waals surface area contributed by atoms with Gasteiger partial charge in [0.25, 0.3) is 0 Å². The summed E-state index contributed by atoms with van der Waals surface area (Å²) in [4.78, 5) is 8.31. The minimum absolute atomic E-state index is 0.449. The molecular weight excluding hydrogens is 202 g/mol. The molecule has 16 heavy (non-hydrogen) atoms. The van der Waals surface area contributed by atoms with E-state index in [9.17, 15) is 0 Å². The van der Waals surface area contributed by atoms with Crippen molar-refractivity contribution in [1.82, 2.24) is 9.97 Å². The summed E-state index contributed by atoms with van der Waals surface area (Å²) in [6.45, 7) is 1.98. The summed E-state index contributed by atoms with van der Waals surface area (Å²) in [5.74, 6) is 0.938. The zero-order valence-electron chi connectivity index (χ0n) is 9.94. The van der Waals surface area contributed by atoms with Gasteiger partial charge in [0.1, 0.15) is 12.1 Å². The molecule has 88 valence electrons. The van der Waals surface area contributed by atoms with Gasteiger partial charge in [0, 0.05) is 24.9 Å². The number of nitrogens with zero attached hydrogens (tertiary/aromatic N) is 2. The van der Waals surface area contributed by atoms with Crippen molar-refractivity contribution in [2.75, 3.05) is 12.4 Å². The Hall–Kier alpha value is -1.16. The van der Waals surface area contributed by atoms with Gasteiger partial charge in [-0.05, 0) is 32.6 Å². The van der Waals surface area contributed by atoms with E-state index in [1.807, 2.05) is 13.0 Å². The molecule has 0 amide bonds. The van der Waals surface area contributed by atoms with Gasteiger partial charge < -0.3 is 10.1 Å². The fourth-order valence-corrected chi connectivity index (χ4v) is 2.19. The first-order valence-corrected chi connectivity index (χ1v) is 5.86. The van der Waals surface area contributed by atoms with E-state index in [1.165, 1.54) is 0 Å². The molecule has 1 heterocycles. The Kier molecular flexibility index (Phi) is 3.72. The van der Waals surface area contributed by atoms with Crippen LogP contribution in [0.1, 0.15) is 31.4 Å². The lowest BCUT2D eigenvalue weighted by molar-refractivity contribution is 0.0681. The normalized spacial score (nSPS) is 25.4. The van der Waals surface area contributed by atoms with E-state index >= 15 is 0 Å². The van der Waals surface area contributed by atoms with Crippen molar-refractivity contribution in [3.05, 3.63) is 18.1 Å². The Morgan fingerprint density at radius 3 is 2.62 bits per heavy atom. The van der Waals surface area contributed by atoms with Crippen molar-refractivity contribution < 1.29 is 4.74 Å². The van der Waals surface area contributed by atoms with Crippen molar-refractivity contribution in [2.45, 2.75) is 44.8 Å². The molecule has 1 N–H and O–H groups in total. The van der Waals surface area contributed by atoms with Gasteiger partial charge in [-0.3, -0.25) is 0 Å². The molecular formula is C12H19N3O. The van der Waals surface area contributed by atoms with Gasteiger partial charge in [-0.15, -0.1) is 0 Å². The number of methoxy groups -OCH3 is 1. The molecule has 4 nitrogen and oxygen atoms in total. The summed E-state index contributed by atoms with van der Waals surface area (Å²) >= 11 is 0. The molecule has 0 atom stereocenters. The van der Waals surface area contributed by atoms with Crippen LogP contribution in [0.2, 0.25) is 0 Å². The standard InChI is InChI=1S/C12H19N3O/c1-9-7-12(14-8-13-9)15-10-3-5-11(16-2)6-4-10/h7-8,10-11H,3-6H2,1-2H3,(H,13,14,15). The third-order valence-corrected chi connectivity index (χ3v) is 3.16. The first-order chi connectivity index (χ1) is 7.78. The van der Waals surface area contributed by atoms with Crippen LogP contribution >= 0.6 is 0 Å². The van der Waals surface area contributed by atoms with E-state index in [0.717, 1.165) is 37.2 Å². The third kappa shape index (κ3) is 2.92. The number of anilines is 1. The highest BCUT2D eigenvalue weighted by atomic mass is 16.5. The molecule has 1 aliphatic carbocycles. The number of hydrogen-bond acceptors (Lipinski definition) is 4. The van der Waals surface area contributed by atoms with Crippen molar-refractivity contribution in [2.24, 2.45) is 0 Å². The van der Waals surface area contributed by atoms with Gasteiger partial charge in [-0.1, -0.05) is 0 Å². The lowest BCUT2D eigenvalue weighted by atomic mass is 9.93. The molecule has 1 saturated carbocycles. The average molecular weight is 221 g/mol. The van der Waals surface area contributed by atoms with E-state index in [4.69, 9.17) is 4.74 Å². The monoisotopic (exact) mass is 221 g/mol. The Labute approximate surface area is 96.4 Å². The number of rotatable bonds is 3. The number of aromatic nitrogens is 2. The summed E-state index contributed by atoms with van der Waals surface area (Å²) < 4.78 is 5.36. The van der Waals surface area contributed by atoms with Crippen LogP contribution in [-0.2, 0) is 4.74 Å². The second kappa shape index (κ2) is 5.25. The molecule has 1 aromatic rings. The zero-order chi connectivity index (χ0) is 11.4. The Morgan fingerprint density at radius 1 is 1.25 bits per heavy atom. The van der Waals surface area contributed by atoms with Crippen LogP contribution in [0.25, 0.3) is 0 Å². The first kappa shape index (κ1) is 11.3. The highest BCUT2D eigenvalue weighted by molar-refractivity contribution is 5.35. The van der Waals surface area contributed by atoms with Gasteiger partial charge >= 0.3 is 0 Å². The van der Waals surface area contributed by atoms with Crippen molar-refractivity contribution in [1.29, 1.82) is 0 Å². The summed E-state index contributed by atoms with van der Waals surface area (Å²) in [6, 6.07) is 2.52. The van der Waals surface area contributed by atoms with E-state index < -0.39 is 0 Å². The summed E-state index contributed by atoms with van der Waals surface area (Å²) in [6.07, 6.45) is 6.64. The molecule has 0 saturated heterocycles. The predicted octanol–water partition coefficient (Wildman–Crippen LogP) is 2.15. The molecule has 1 aliphatic rings. The molecule has 0 unspecified atom stereocenters. The SMILES string of the molecule is COC1CCC(Nc2cc(C)ncn2)CC1. The quantitative estimate of drug-likeness (QED) is 0.849. The van der Waals surface area contributed by atoms with Crippen LogP contribution in [0.5, 0.6) is 0 Å². The molecule has 0 spiro atoms. The van der Waals surface area contributed by atoms with Gasteiger partial charge in [-0.25, -0.2) is 9.97 Å². The number of aryl methyl sites for hydroxylation is 1. The van der Waals surface area contributed by atoms with Gasteiger partial charge in [0.05, 0.1) is 6.10 Å². The van der Waals surface area contributed by atoms with Crippen LogP contribution in [0.15, 0.2) is 12.4 Å². The molecule has 0 aliphatic heterocycles. The molecule has 1 fully saturated rings. The largest absolute Gasteiger partial charge is 0.381 e. The summed E-state index contributed by atoms with van der Waals surface area (Å²) in [7, 11) is 1.80. The van der Waals surface area contributed by atoms with Gasteiger partial charge in [0.15, 0.2) is 0 Å².